The molecule has 0 unspecified atom stereocenters. The van der Waals surface area contributed by atoms with Crippen molar-refractivity contribution in [3.05, 3.63) is 136 Å². The van der Waals surface area contributed by atoms with Gasteiger partial charge in [0.1, 0.15) is 11.8 Å². The van der Waals surface area contributed by atoms with Crippen molar-refractivity contribution in [1.29, 1.82) is 0 Å². The van der Waals surface area contributed by atoms with Crippen LogP contribution < -0.4 is 9.64 Å². The Morgan fingerprint density at radius 1 is 0.745 bits per heavy atom. The molecular formula is C43H46ClF2N5O4. The number of halogens is 3. The van der Waals surface area contributed by atoms with Crippen LogP contribution in [0.1, 0.15) is 29.2 Å². The number of benzene rings is 4. The summed E-state index contributed by atoms with van der Waals surface area (Å²) in [6.07, 6.45) is 3.37. The van der Waals surface area contributed by atoms with Crippen LogP contribution >= 0.6 is 11.6 Å². The van der Waals surface area contributed by atoms with Crippen molar-refractivity contribution in [3.63, 3.8) is 0 Å². The Morgan fingerprint density at radius 2 is 1.36 bits per heavy atom. The van der Waals surface area contributed by atoms with Gasteiger partial charge in [-0.25, -0.2) is 0 Å². The van der Waals surface area contributed by atoms with E-state index < -0.39 is 12.7 Å². The molecule has 0 aliphatic carbocycles. The second-order valence-corrected chi connectivity index (χ2v) is 14.3. The Kier molecular flexibility index (Phi) is 13.5. The number of rotatable bonds is 13. The van der Waals surface area contributed by atoms with Crippen LogP contribution in [0.15, 0.2) is 109 Å². The summed E-state index contributed by atoms with van der Waals surface area (Å²) in [5.74, 6) is -0.379. The SMILES string of the molecule is CC(=O)N1CCN(c2ccc(CN(C(=O)C=Cc3ccc(OC(F)F)cc3)[C@@H](Cc3ccccc3)C(=O)N3CCN(Cc4ccc(Cl)cc4)CC3)cc2)CC1. The fourth-order valence-corrected chi connectivity index (χ4v) is 7.13. The first kappa shape index (κ1) is 39.4. The highest BCUT2D eigenvalue weighted by Gasteiger charge is 2.34. The summed E-state index contributed by atoms with van der Waals surface area (Å²) in [6, 6.07) is 30.7. The number of hydrogen-bond acceptors (Lipinski definition) is 6. The first-order valence-electron chi connectivity index (χ1n) is 18.5. The largest absolute Gasteiger partial charge is 0.435 e. The monoisotopic (exact) mass is 769 g/mol. The summed E-state index contributed by atoms with van der Waals surface area (Å²) in [7, 11) is 0. The Hall–Kier alpha value is -5.26. The topological polar surface area (TPSA) is 76.6 Å². The van der Waals surface area contributed by atoms with E-state index in [1.807, 2.05) is 88.7 Å². The third-order valence-corrected chi connectivity index (χ3v) is 10.4. The number of nitrogens with zero attached hydrogens (tertiary/aromatic N) is 5. The van der Waals surface area contributed by atoms with Crippen molar-refractivity contribution in [2.24, 2.45) is 0 Å². The highest BCUT2D eigenvalue weighted by atomic mass is 35.5. The molecule has 2 saturated heterocycles. The van der Waals surface area contributed by atoms with Crippen LogP contribution in [0.2, 0.25) is 5.02 Å². The Balaban J connectivity index is 1.24. The summed E-state index contributed by atoms with van der Waals surface area (Å²) in [4.78, 5) is 50.7. The lowest BCUT2D eigenvalue weighted by Gasteiger charge is -2.39. The van der Waals surface area contributed by atoms with Gasteiger partial charge in [0.2, 0.25) is 17.7 Å². The molecular weight excluding hydrogens is 724 g/mol. The van der Waals surface area contributed by atoms with Crippen LogP contribution in [-0.4, -0.2) is 102 Å². The third-order valence-electron chi connectivity index (χ3n) is 10.1. The second kappa shape index (κ2) is 18.9. The summed E-state index contributed by atoms with van der Waals surface area (Å²) in [5.41, 5.74) is 4.58. The first-order chi connectivity index (χ1) is 26.6. The maximum Gasteiger partial charge on any atom is 0.387 e. The molecule has 12 heteroatoms. The maximum atomic E-state index is 14.6. The Bertz CT molecular complexity index is 1900. The molecule has 1 atom stereocenters. The maximum absolute atomic E-state index is 14.6. The molecule has 0 spiro atoms. The molecule has 4 aromatic carbocycles. The molecule has 288 valence electrons. The van der Waals surface area contributed by atoms with E-state index in [1.54, 1.807) is 30.0 Å². The van der Waals surface area contributed by atoms with Crippen LogP contribution in [0.4, 0.5) is 14.5 Å². The van der Waals surface area contributed by atoms with E-state index in [2.05, 4.69) is 14.5 Å². The van der Waals surface area contributed by atoms with Crippen molar-refractivity contribution in [1.82, 2.24) is 19.6 Å². The molecule has 0 radical (unpaired) electrons. The highest BCUT2D eigenvalue weighted by Crippen LogP contribution is 2.23. The molecule has 0 N–H and O–H groups in total. The van der Waals surface area contributed by atoms with Gasteiger partial charge < -0.3 is 24.3 Å². The lowest BCUT2D eigenvalue weighted by molar-refractivity contribution is -0.145. The van der Waals surface area contributed by atoms with Crippen molar-refractivity contribution in [3.8, 4) is 5.75 Å². The molecule has 0 bridgehead atoms. The molecule has 0 saturated carbocycles. The van der Waals surface area contributed by atoms with Gasteiger partial charge in [0.15, 0.2) is 0 Å². The van der Waals surface area contributed by atoms with Gasteiger partial charge in [-0.2, -0.15) is 8.78 Å². The van der Waals surface area contributed by atoms with Crippen molar-refractivity contribution in [2.45, 2.75) is 39.1 Å². The van der Waals surface area contributed by atoms with E-state index in [0.717, 1.165) is 42.0 Å². The van der Waals surface area contributed by atoms with Crippen LogP contribution in [0.25, 0.3) is 6.08 Å². The average molecular weight is 770 g/mol. The molecule has 2 heterocycles. The molecule has 0 aromatic heterocycles. The van der Waals surface area contributed by atoms with E-state index in [-0.39, 0.29) is 30.0 Å². The molecule has 2 aliphatic heterocycles. The van der Waals surface area contributed by atoms with Crippen molar-refractivity contribution in [2.75, 3.05) is 57.3 Å². The van der Waals surface area contributed by atoms with Gasteiger partial charge >= 0.3 is 6.61 Å². The molecule has 55 heavy (non-hydrogen) atoms. The number of anilines is 1. The quantitative estimate of drug-likeness (QED) is 0.143. The zero-order chi connectivity index (χ0) is 38.7. The van der Waals surface area contributed by atoms with Crippen LogP contribution in [-0.2, 0) is 33.9 Å². The number of carbonyl (C=O) groups is 3. The van der Waals surface area contributed by atoms with Crippen molar-refractivity contribution < 1.29 is 27.9 Å². The van der Waals surface area contributed by atoms with E-state index in [1.165, 1.54) is 18.2 Å². The van der Waals surface area contributed by atoms with Gasteiger partial charge in [-0.1, -0.05) is 78.3 Å². The normalized spacial score (nSPS) is 15.7. The number of ether oxygens (including phenoxy) is 1. The van der Waals surface area contributed by atoms with Gasteiger partial charge in [-0.15, -0.1) is 0 Å². The number of carbonyl (C=O) groups excluding carboxylic acids is 3. The van der Waals surface area contributed by atoms with Crippen LogP contribution in [0.3, 0.4) is 0 Å². The zero-order valence-corrected chi connectivity index (χ0v) is 31.7. The molecule has 3 amide bonds. The molecule has 9 nitrogen and oxygen atoms in total. The average Bonchev–Trinajstić information content (AvgIpc) is 3.20. The number of alkyl halides is 2. The van der Waals surface area contributed by atoms with Crippen LogP contribution in [0.5, 0.6) is 5.75 Å². The number of hydrogen-bond donors (Lipinski definition) is 0. The van der Waals surface area contributed by atoms with Gasteiger partial charge in [-0.05, 0) is 64.7 Å². The summed E-state index contributed by atoms with van der Waals surface area (Å²) in [6.45, 7) is 4.78. The minimum Gasteiger partial charge on any atom is -0.435 e. The van der Waals surface area contributed by atoms with Gasteiger partial charge in [0.25, 0.3) is 0 Å². The standard InChI is InChI=1S/C43H46ClF2N5O4/c1-32(52)48-25-27-49(28-26-48)38-16-9-36(10-17-38)31-51(41(53)20-13-33-11-18-39(19-12-33)55-43(45)46)40(29-34-5-3-2-4-6-34)42(54)50-23-21-47(22-24-50)30-35-7-14-37(44)15-8-35/h2-20,40,43H,21-31H2,1H3/t40-/m0/s1. The van der Waals surface area contributed by atoms with Gasteiger partial charge in [0.05, 0.1) is 0 Å². The van der Waals surface area contributed by atoms with Crippen LogP contribution in [0, 0.1) is 0 Å². The molecule has 6 rings (SSSR count). The Morgan fingerprint density at radius 3 is 1.98 bits per heavy atom. The summed E-state index contributed by atoms with van der Waals surface area (Å²) < 4.78 is 29.9. The summed E-state index contributed by atoms with van der Waals surface area (Å²) in [5, 5.41) is 0.690. The highest BCUT2D eigenvalue weighted by molar-refractivity contribution is 6.30. The van der Waals surface area contributed by atoms with E-state index in [9.17, 15) is 23.2 Å². The predicted octanol–water partition coefficient (Wildman–Crippen LogP) is 6.61. The van der Waals surface area contributed by atoms with Gasteiger partial charge in [0, 0.05) is 95.6 Å². The number of amides is 3. The smallest absolute Gasteiger partial charge is 0.387 e. The Labute approximate surface area is 326 Å². The van der Waals surface area contributed by atoms with E-state index in [4.69, 9.17) is 11.6 Å². The fourth-order valence-electron chi connectivity index (χ4n) is 7.01. The minimum absolute atomic E-state index is 0.0195. The van der Waals surface area contributed by atoms with E-state index in [0.29, 0.717) is 56.3 Å². The first-order valence-corrected chi connectivity index (χ1v) is 18.9. The van der Waals surface area contributed by atoms with Crippen molar-refractivity contribution >= 4 is 41.1 Å². The van der Waals surface area contributed by atoms with Gasteiger partial charge in [-0.3, -0.25) is 19.3 Å². The number of piperazine rings is 2. The lowest BCUT2D eigenvalue weighted by Crippen LogP contribution is -2.56. The molecule has 2 fully saturated rings. The summed E-state index contributed by atoms with van der Waals surface area (Å²) >= 11 is 6.09. The fraction of sp³-hybridized carbons (Fsp3) is 0.326. The predicted molar refractivity (Wildman–Crippen MR) is 211 cm³/mol. The van der Waals surface area contributed by atoms with E-state index >= 15 is 0 Å². The lowest BCUT2D eigenvalue weighted by atomic mass is 10.0. The minimum atomic E-state index is -2.94. The molecule has 4 aromatic rings. The second-order valence-electron chi connectivity index (χ2n) is 13.8. The molecule has 2 aliphatic rings. The zero-order valence-electron chi connectivity index (χ0n) is 30.9. The third kappa shape index (κ3) is 11.1.